The van der Waals surface area contributed by atoms with Gasteiger partial charge in [0.1, 0.15) is 0 Å². The fourth-order valence-corrected chi connectivity index (χ4v) is 4.90. The highest BCUT2D eigenvalue weighted by molar-refractivity contribution is 5.89. The SMILES string of the molecule is CNc1nc2cc(C#CC3=CC(NC(=O)Nc4ccc(CN5CCN(C)CC5)c(C(F)(F)F)c4)CC=C3C)ccn2n1. The molecule has 1 unspecified atom stereocenters. The first-order chi connectivity index (χ1) is 20.1. The van der Waals surface area contributed by atoms with Crippen LogP contribution in [0.3, 0.4) is 0 Å². The third-order valence-electron chi connectivity index (χ3n) is 7.35. The van der Waals surface area contributed by atoms with Gasteiger partial charge in [0.25, 0.3) is 0 Å². The molecule has 0 spiro atoms. The fraction of sp³-hybridized carbons (Fsp3) is 0.367. The highest BCUT2D eigenvalue weighted by Gasteiger charge is 2.34. The lowest BCUT2D eigenvalue weighted by Gasteiger charge is -2.33. The molecule has 0 saturated carbocycles. The van der Waals surface area contributed by atoms with Crippen LogP contribution in [0.4, 0.5) is 29.6 Å². The number of halogens is 3. The van der Waals surface area contributed by atoms with Crippen molar-refractivity contribution in [2.24, 2.45) is 0 Å². The smallest absolute Gasteiger partial charge is 0.356 e. The molecule has 3 heterocycles. The van der Waals surface area contributed by atoms with Gasteiger partial charge in [-0.3, -0.25) is 4.90 Å². The second-order valence-corrected chi connectivity index (χ2v) is 10.5. The third-order valence-corrected chi connectivity index (χ3v) is 7.35. The van der Waals surface area contributed by atoms with E-state index < -0.39 is 17.8 Å². The third kappa shape index (κ3) is 7.10. The van der Waals surface area contributed by atoms with Gasteiger partial charge < -0.3 is 20.9 Å². The predicted molar refractivity (Wildman–Crippen MR) is 156 cm³/mol. The lowest BCUT2D eigenvalue weighted by molar-refractivity contribution is -0.138. The van der Waals surface area contributed by atoms with Crippen molar-refractivity contribution in [3.05, 3.63) is 76.5 Å². The van der Waals surface area contributed by atoms with Crippen LogP contribution in [0.1, 0.15) is 30.0 Å². The molecule has 220 valence electrons. The van der Waals surface area contributed by atoms with Crippen molar-refractivity contribution in [3.63, 3.8) is 0 Å². The van der Waals surface area contributed by atoms with Gasteiger partial charge in [-0.15, -0.1) is 5.10 Å². The van der Waals surface area contributed by atoms with E-state index in [4.69, 9.17) is 0 Å². The number of piperazine rings is 1. The summed E-state index contributed by atoms with van der Waals surface area (Å²) in [6.07, 6.45) is 1.62. The van der Waals surface area contributed by atoms with Crippen LogP contribution in [0.15, 0.2) is 59.8 Å². The Bertz CT molecular complexity index is 1590. The van der Waals surface area contributed by atoms with Gasteiger partial charge in [0.2, 0.25) is 5.95 Å². The number of amides is 2. The number of rotatable bonds is 5. The van der Waals surface area contributed by atoms with Crippen LogP contribution in [0.2, 0.25) is 0 Å². The lowest BCUT2D eigenvalue weighted by atomic mass is 9.96. The molecule has 0 bridgehead atoms. The molecule has 0 radical (unpaired) electrons. The summed E-state index contributed by atoms with van der Waals surface area (Å²) in [5, 5.41) is 12.6. The maximum atomic E-state index is 13.9. The van der Waals surface area contributed by atoms with Crippen molar-refractivity contribution in [2.45, 2.75) is 32.1 Å². The number of allylic oxidation sites excluding steroid dienone is 2. The first-order valence-corrected chi connectivity index (χ1v) is 13.7. The average molecular weight is 579 g/mol. The first-order valence-electron chi connectivity index (χ1n) is 13.7. The molecule has 2 aromatic heterocycles. The fourth-order valence-electron chi connectivity index (χ4n) is 4.90. The van der Waals surface area contributed by atoms with E-state index in [0.717, 1.165) is 35.9 Å². The minimum absolute atomic E-state index is 0.0822. The predicted octanol–water partition coefficient (Wildman–Crippen LogP) is 4.36. The summed E-state index contributed by atoms with van der Waals surface area (Å²) >= 11 is 0. The van der Waals surface area contributed by atoms with Gasteiger partial charge >= 0.3 is 12.2 Å². The molecule has 2 amide bonds. The Labute approximate surface area is 242 Å². The van der Waals surface area contributed by atoms with Gasteiger partial charge in [0.05, 0.1) is 11.6 Å². The Hall–Kier alpha value is -4.34. The minimum Gasteiger partial charge on any atom is -0.356 e. The van der Waals surface area contributed by atoms with Crippen LogP contribution in [-0.2, 0) is 12.7 Å². The van der Waals surface area contributed by atoms with Crippen LogP contribution in [0.5, 0.6) is 0 Å². The van der Waals surface area contributed by atoms with Crippen molar-refractivity contribution < 1.29 is 18.0 Å². The molecule has 12 heteroatoms. The normalized spacial score (nSPS) is 18.1. The number of urea groups is 1. The topological polar surface area (TPSA) is 89.8 Å². The Kier molecular flexibility index (Phi) is 8.51. The van der Waals surface area contributed by atoms with Crippen molar-refractivity contribution in [2.75, 3.05) is 50.9 Å². The molecule has 1 aliphatic heterocycles. The number of nitrogens with zero attached hydrogens (tertiary/aromatic N) is 5. The molecule has 3 N–H and O–H groups in total. The van der Waals surface area contributed by atoms with E-state index in [0.29, 0.717) is 31.1 Å². The Morgan fingerprint density at radius 1 is 1.12 bits per heavy atom. The van der Waals surface area contributed by atoms with E-state index in [9.17, 15) is 18.0 Å². The molecule has 5 rings (SSSR count). The zero-order chi connectivity index (χ0) is 29.9. The largest absolute Gasteiger partial charge is 0.416 e. The van der Waals surface area contributed by atoms with Crippen molar-refractivity contribution >= 4 is 23.3 Å². The van der Waals surface area contributed by atoms with Gasteiger partial charge in [0, 0.05) is 62.8 Å². The van der Waals surface area contributed by atoms with Crippen molar-refractivity contribution in [1.29, 1.82) is 0 Å². The number of carbonyl (C=O) groups excluding carboxylic acids is 1. The molecule has 1 aromatic carbocycles. The first kappa shape index (κ1) is 29.2. The average Bonchev–Trinajstić information content (AvgIpc) is 3.37. The number of nitrogens with one attached hydrogen (secondary N) is 3. The maximum Gasteiger partial charge on any atom is 0.416 e. The van der Waals surface area contributed by atoms with E-state index in [1.165, 1.54) is 12.1 Å². The number of hydrogen-bond acceptors (Lipinski definition) is 6. The molecule has 1 saturated heterocycles. The number of benzene rings is 1. The number of likely N-dealkylation sites (N-methyl/N-ethyl adjacent to an activating group) is 1. The summed E-state index contributed by atoms with van der Waals surface area (Å²) in [6.45, 7) is 5.20. The molecule has 1 fully saturated rings. The zero-order valence-corrected chi connectivity index (χ0v) is 23.7. The summed E-state index contributed by atoms with van der Waals surface area (Å²) in [5.41, 5.74) is 2.70. The maximum absolute atomic E-state index is 13.9. The molecule has 2 aliphatic rings. The van der Waals surface area contributed by atoms with E-state index in [1.54, 1.807) is 17.8 Å². The summed E-state index contributed by atoms with van der Waals surface area (Å²) in [5.74, 6) is 6.80. The number of anilines is 2. The molecule has 9 nitrogen and oxygen atoms in total. The quantitative estimate of drug-likeness (QED) is 0.390. The number of pyridine rings is 1. The monoisotopic (exact) mass is 578 g/mol. The molecular weight excluding hydrogens is 545 g/mol. The lowest BCUT2D eigenvalue weighted by Crippen LogP contribution is -2.44. The van der Waals surface area contributed by atoms with E-state index in [-0.39, 0.29) is 23.8 Å². The van der Waals surface area contributed by atoms with Gasteiger partial charge in [-0.2, -0.15) is 18.2 Å². The van der Waals surface area contributed by atoms with Gasteiger partial charge in [-0.25, -0.2) is 9.31 Å². The van der Waals surface area contributed by atoms with Crippen molar-refractivity contribution in [1.82, 2.24) is 29.7 Å². The number of aromatic nitrogens is 3. The molecule has 1 aliphatic carbocycles. The Morgan fingerprint density at radius 3 is 2.64 bits per heavy atom. The van der Waals surface area contributed by atoms with E-state index in [1.807, 2.05) is 43.2 Å². The van der Waals surface area contributed by atoms with Gasteiger partial charge in [-0.1, -0.05) is 24.0 Å². The van der Waals surface area contributed by atoms with E-state index >= 15 is 0 Å². The summed E-state index contributed by atoms with van der Waals surface area (Å²) in [6, 6.07) is 6.69. The number of carbonyl (C=O) groups is 1. The Morgan fingerprint density at radius 2 is 1.90 bits per heavy atom. The Balaban J connectivity index is 1.25. The van der Waals surface area contributed by atoms with Crippen molar-refractivity contribution in [3.8, 4) is 11.8 Å². The van der Waals surface area contributed by atoms with Crippen LogP contribution >= 0.6 is 0 Å². The van der Waals surface area contributed by atoms with E-state index in [2.05, 4.69) is 42.8 Å². The van der Waals surface area contributed by atoms with Crippen LogP contribution in [-0.4, -0.2) is 76.7 Å². The summed E-state index contributed by atoms with van der Waals surface area (Å²) in [7, 11) is 3.75. The van der Waals surface area contributed by atoms with Crippen LogP contribution < -0.4 is 16.0 Å². The number of fused-ring (bicyclic) bond motifs is 1. The van der Waals surface area contributed by atoms with Crippen LogP contribution in [0, 0.1) is 11.8 Å². The second-order valence-electron chi connectivity index (χ2n) is 10.5. The number of hydrogen-bond donors (Lipinski definition) is 3. The second kappa shape index (κ2) is 12.3. The molecular formula is C30H33F3N8O. The van der Waals surface area contributed by atoms with Crippen LogP contribution in [0.25, 0.3) is 5.65 Å². The molecule has 1 atom stereocenters. The van der Waals surface area contributed by atoms with Gasteiger partial charge in [-0.05, 0) is 61.9 Å². The highest BCUT2D eigenvalue weighted by atomic mass is 19.4. The molecule has 42 heavy (non-hydrogen) atoms. The minimum atomic E-state index is -4.54. The standard InChI is InChI=1S/C30H33F3N8O/c1-20-4-8-24(17-22(20)6-5-21-10-11-41-27(16-21)37-28(34-2)38-41)35-29(42)36-25-9-7-23(26(18-25)30(31,32)33)19-40-14-12-39(3)13-15-40/h4,7,9-11,16-18,24H,8,12-15,19H2,1-3H3,(H,34,38)(H2,35,36,42). The summed E-state index contributed by atoms with van der Waals surface area (Å²) in [4.78, 5) is 21.3. The number of alkyl halides is 3. The summed E-state index contributed by atoms with van der Waals surface area (Å²) < 4.78 is 43.4. The zero-order valence-electron chi connectivity index (χ0n) is 23.7. The highest BCUT2D eigenvalue weighted by Crippen LogP contribution is 2.34. The van der Waals surface area contributed by atoms with Gasteiger partial charge in [0.15, 0.2) is 5.65 Å². The molecule has 3 aromatic rings.